The molecule has 0 saturated carbocycles. The smallest absolute Gasteiger partial charge is 0.256 e. The molecule has 3 amide bonds. The minimum atomic E-state index is -0.285. The summed E-state index contributed by atoms with van der Waals surface area (Å²) in [6.45, 7) is 7.44. The molecule has 1 N–H and O–H groups in total. The van der Waals surface area contributed by atoms with Crippen molar-refractivity contribution in [3.05, 3.63) is 93.5 Å². The molecule has 0 unspecified atom stereocenters. The first-order valence-electron chi connectivity index (χ1n) is 13.1. The molecule has 1 heterocycles. The van der Waals surface area contributed by atoms with Gasteiger partial charge in [-0.05, 0) is 87.0 Å². The number of carbonyl (C=O) groups is 3. The first-order valence-corrected chi connectivity index (χ1v) is 13.9. The van der Waals surface area contributed by atoms with Gasteiger partial charge in [-0.1, -0.05) is 23.2 Å². The van der Waals surface area contributed by atoms with Crippen LogP contribution < -0.4 is 10.2 Å². The third-order valence-corrected chi connectivity index (χ3v) is 7.36. The summed E-state index contributed by atoms with van der Waals surface area (Å²) in [5.41, 5.74) is 2.91. The van der Waals surface area contributed by atoms with Crippen molar-refractivity contribution in [3.63, 3.8) is 0 Å². The molecule has 204 valence electrons. The van der Waals surface area contributed by atoms with Gasteiger partial charge < -0.3 is 20.0 Å². The van der Waals surface area contributed by atoms with Crippen LogP contribution in [0.4, 0.5) is 11.4 Å². The molecule has 7 nitrogen and oxygen atoms in total. The average Bonchev–Trinajstić information content (AvgIpc) is 3.20. The second-order valence-electron chi connectivity index (χ2n) is 9.31. The molecule has 0 spiro atoms. The molecule has 1 aliphatic rings. The van der Waals surface area contributed by atoms with Crippen LogP contribution in [0.5, 0.6) is 0 Å². The van der Waals surface area contributed by atoms with Gasteiger partial charge in [-0.2, -0.15) is 0 Å². The Morgan fingerprint density at radius 2 is 1.41 bits per heavy atom. The van der Waals surface area contributed by atoms with E-state index >= 15 is 0 Å². The molecule has 3 aromatic carbocycles. The Bertz CT molecular complexity index is 1330. The number of rotatable bonds is 7. The van der Waals surface area contributed by atoms with Crippen molar-refractivity contribution in [1.29, 1.82) is 0 Å². The van der Waals surface area contributed by atoms with Crippen LogP contribution in [-0.2, 0) is 0 Å². The highest BCUT2D eigenvalue weighted by Gasteiger charge is 2.25. The highest BCUT2D eigenvalue weighted by atomic mass is 35.5. The Morgan fingerprint density at radius 1 is 0.795 bits per heavy atom. The first kappa shape index (κ1) is 28.5. The molecule has 0 aromatic heterocycles. The van der Waals surface area contributed by atoms with Crippen LogP contribution in [0.3, 0.4) is 0 Å². The largest absolute Gasteiger partial charge is 0.369 e. The van der Waals surface area contributed by atoms with Gasteiger partial charge in [-0.25, -0.2) is 0 Å². The summed E-state index contributed by atoms with van der Waals surface area (Å²) in [6.07, 6.45) is 0.757. The minimum Gasteiger partial charge on any atom is -0.369 e. The topological polar surface area (TPSA) is 73.0 Å². The van der Waals surface area contributed by atoms with E-state index in [-0.39, 0.29) is 17.7 Å². The average molecular weight is 568 g/mol. The molecule has 3 aromatic rings. The highest BCUT2D eigenvalue weighted by Crippen LogP contribution is 2.28. The van der Waals surface area contributed by atoms with Crippen LogP contribution in [0.25, 0.3) is 0 Å². The van der Waals surface area contributed by atoms with Gasteiger partial charge in [-0.3, -0.25) is 14.4 Å². The van der Waals surface area contributed by atoms with Crippen molar-refractivity contribution in [2.24, 2.45) is 0 Å². The second-order valence-corrected chi connectivity index (χ2v) is 10.2. The minimum absolute atomic E-state index is 0.0341. The maximum absolute atomic E-state index is 13.6. The number of carbonyl (C=O) groups excluding carboxylic acids is 3. The summed E-state index contributed by atoms with van der Waals surface area (Å²) in [5.74, 6) is -0.420. The Hall–Kier alpha value is -3.55. The molecule has 1 aliphatic heterocycles. The van der Waals surface area contributed by atoms with Crippen LogP contribution in [0, 0.1) is 0 Å². The van der Waals surface area contributed by atoms with E-state index in [0.717, 1.165) is 12.1 Å². The molecule has 39 heavy (non-hydrogen) atoms. The summed E-state index contributed by atoms with van der Waals surface area (Å²) >= 11 is 11.9. The van der Waals surface area contributed by atoms with Gasteiger partial charge in [0.15, 0.2) is 0 Å². The number of hydrogen-bond acceptors (Lipinski definition) is 4. The van der Waals surface area contributed by atoms with E-state index in [1.165, 1.54) is 0 Å². The van der Waals surface area contributed by atoms with E-state index in [4.69, 9.17) is 23.2 Å². The molecule has 1 fully saturated rings. The lowest BCUT2D eigenvalue weighted by atomic mass is 10.1. The molecule has 0 aliphatic carbocycles. The lowest BCUT2D eigenvalue weighted by Gasteiger charge is -2.28. The van der Waals surface area contributed by atoms with E-state index in [2.05, 4.69) is 10.2 Å². The molecule has 9 heteroatoms. The quantitative estimate of drug-likeness (QED) is 0.376. The molecule has 1 saturated heterocycles. The van der Waals surface area contributed by atoms with Gasteiger partial charge in [-0.15, -0.1) is 0 Å². The molecular formula is C30H32Cl2N4O3. The van der Waals surface area contributed by atoms with Gasteiger partial charge >= 0.3 is 0 Å². The number of nitrogens with zero attached hydrogens (tertiary/aromatic N) is 3. The van der Waals surface area contributed by atoms with Gasteiger partial charge in [0, 0.05) is 71.8 Å². The lowest BCUT2D eigenvalue weighted by molar-refractivity contribution is 0.0760. The van der Waals surface area contributed by atoms with E-state index in [1.807, 2.05) is 30.9 Å². The molecular weight excluding hydrogens is 535 g/mol. The normalized spacial score (nSPS) is 13.5. The standard InChI is InChI=1S/C30H32Cl2N4O3/c1-3-34(4-2)30(39)26-20-25(33-28(37)21-6-10-23(31)11-7-21)14-15-27(26)35-16-5-17-36(19-18-35)29(38)22-8-12-24(32)13-9-22/h6-15,20H,3-5,16-19H2,1-2H3,(H,33,37). The fraction of sp³-hybridized carbons (Fsp3) is 0.300. The number of anilines is 2. The number of nitrogens with one attached hydrogen (secondary N) is 1. The number of hydrogen-bond donors (Lipinski definition) is 1. The second kappa shape index (κ2) is 13.0. The van der Waals surface area contributed by atoms with Crippen molar-refractivity contribution in [2.45, 2.75) is 20.3 Å². The fourth-order valence-electron chi connectivity index (χ4n) is 4.68. The van der Waals surface area contributed by atoms with Crippen LogP contribution in [0.2, 0.25) is 10.0 Å². The highest BCUT2D eigenvalue weighted by molar-refractivity contribution is 6.31. The van der Waals surface area contributed by atoms with Crippen LogP contribution in [0.15, 0.2) is 66.7 Å². The summed E-state index contributed by atoms with van der Waals surface area (Å²) < 4.78 is 0. The Labute approximate surface area is 239 Å². The van der Waals surface area contributed by atoms with Crippen LogP contribution >= 0.6 is 23.2 Å². The van der Waals surface area contributed by atoms with Crippen molar-refractivity contribution in [3.8, 4) is 0 Å². The molecule has 0 radical (unpaired) electrons. The van der Waals surface area contributed by atoms with Gasteiger partial charge in [0.25, 0.3) is 17.7 Å². The molecule has 4 rings (SSSR count). The Morgan fingerprint density at radius 3 is 2.03 bits per heavy atom. The fourth-order valence-corrected chi connectivity index (χ4v) is 4.94. The maximum Gasteiger partial charge on any atom is 0.256 e. The monoisotopic (exact) mass is 566 g/mol. The lowest BCUT2D eigenvalue weighted by Crippen LogP contribution is -2.36. The first-order chi connectivity index (χ1) is 18.8. The van der Waals surface area contributed by atoms with Crippen molar-refractivity contribution in [2.75, 3.05) is 49.5 Å². The third kappa shape index (κ3) is 6.91. The maximum atomic E-state index is 13.6. The van der Waals surface area contributed by atoms with E-state index in [9.17, 15) is 14.4 Å². The number of halogens is 2. The van der Waals surface area contributed by atoms with Crippen molar-refractivity contribution in [1.82, 2.24) is 9.80 Å². The number of amides is 3. The van der Waals surface area contributed by atoms with E-state index in [1.54, 1.807) is 59.5 Å². The van der Waals surface area contributed by atoms with Gasteiger partial charge in [0.1, 0.15) is 0 Å². The van der Waals surface area contributed by atoms with E-state index in [0.29, 0.717) is 71.7 Å². The summed E-state index contributed by atoms with van der Waals surface area (Å²) in [6, 6.07) is 19.0. The number of benzene rings is 3. The van der Waals surface area contributed by atoms with Crippen molar-refractivity contribution < 1.29 is 14.4 Å². The van der Waals surface area contributed by atoms with Crippen LogP contribution in [-0.4, -0.2) is 66.8 Å². The van der Waals surface area contributed by atoms with Gasteiger partial charge in [0.05, 0.1) is 5.56 Å². The third-order valence-electron chi connectivity index (χ3n) is 6.86. The predicted molar refractivity (Wildman–Crippen MR) is 157 cm³/mol. The Kier molecular flexibility index (Phi) is 9.49. The van der Waals surface area contributed by atoms with Crippen LogP contribution in [0.1, 0.15) is 51.3 Å². The summed E-state index contributed by atoms with van der Waals surface area (Å²) in [4.78, 5) is 45.2. The molecule has 0 bridgehead atoms. The zero-order chi connectivity index (χ0) is 27.9. The Balaban J connectivity index is 1.57. The zero-order valence-corrected chi connectivity index (χ0v) is 23.6. The summed E-state index contributed by atoms with van der Waals surface area (Å²) in [5, 5.41) is 4.04. The van der Waals surface area contributed by atoms with Gasteiger partial charge in [0.2, 0.25) is 0 Å². The summed E-state index contributed by atoms with van der Waals surface area (Å²) in [7, 11) is 0. The van der Waals surface area contributed by atoms with Crippen molar-refractivity contribution >= 4 is 52.3 Å². The predicted octanol–water partition coefficient (Wildman–Crippen LogP) is 6.08. The SMILES string of the molecule is CCN(CC)C(=O)c1cc(NC(=O)c2ccc(Cl)cc2)ccc1N1CCCN(C(=O)c2ccc(Cl)cc2)CC1. The van der Waals surface area contributed by atoms with E-state index < -0.39 is 0 Å². The molecule has 0 atom stereocenters. The zero-order valence-electron chi connectivity index (χ0n) is 22.1.